The Kier molecular flexibility index (Phi) is 5.74. The maximum absolute atomic E-state index is 9.25. The largest absolute Gasteiger partial charge is 0.395 e. The second-order valence-corrected chi connectivity index (χ2v) is 10.1. The first kappa shape index (κ1) is 19.7. The van der Waals surface area contributed by atoms with E-state index in [1.165, 1.54) is 66.8 Å². The summed E-state index contributed by atoms with van der Waals surface area (Å²) in [5.41, 5.74) is 1.52. The van der Waals surface area contributed by atoms with Crippen molar-refractivity contribution in [3.8, 4) is 0 Å². The van der Waals surface area contributed by atoms with E-state index in [2.05, 4.69) is 21.6 Å². The van der Waals surface area contributed by atoms with Gasteiger partial charge in [0.2, 0.25) is 0 Å². The van der Waals surface area contributed by atoms with Crippen LogP contribution in [0.15, 0.2) is 0 Å². The first-order valence-corrected chi connectivity index (χ1v) is 12.1. The van der Waals surface area contributed by atoms with E-state index >= 15 is 0 Å². The molecule has 2 aromatic rings. The van der Waals surface area contributed by atoms with Gasteiger partial charge in [-0.15, -0.1) is 11.3 Å². The van der Waals surface area contributed by atoms with Crippen molar-refractivity contribution in [2.75, 3.05) is 57.3 Å². The molecule has 158 valence electrons. The van der Waals surface area contributed by atoms with E-state index in [-0.39, 0.29) is 6.61 Å². The number of aliphatic hydroxyl groups is 1. The predicted octanol–water partition coefficient (Wildman–Crippen LogP) is 2.53. The highest BCUT2D eigenvalue weighted by Crippen LogP contribution is 2.41. The Bertz CT molecular complexity index is 852. The molecule has 29 heavy (non-hydrogen) atoms. The lowest BCUT2D eigenvalue weighted by atomic mass is 9.99. The lowest BCUT2D eigenvalue weighted by Crippen LogP contribution is -2.47. The van der Waals surface area contributed by atoms with Crippen molar-refractivity contribution in [3.05, 3.63) is 16.3 Å². The van der Waals surface area contributed by atoms with Crippen molar-refractivity contribution in [2.45, 2.75) is 45.6 Å². The standard InChI is InChI=1S/C22H33N5OS/c1-16-5-7-26(8-6-16)15-19-23-21(27-11-9-25(10-12-27)13-14-28)20-17-3-2-4-18(17)29-22(20)24-19/h16,28H,2-15H2,1H3. The van der Waals surface area contributed by atoms with Gasteiger partial charge in [0.05, 0.1) is 18.5 Å². The van der Waals surface area contributed by atoms with Crippen LogP contribution in [0.3, 0.4) is 0 Å². The van der Waals surface area contributed by atoms with Crippen molar-refractivity contribution in [1.82, 2.24) is 19.8 Å². The SMILES string of the molecule is CC1CCN(Cc2nc(N3CCN(CCO)CC3)c3c4c(sc3n2)CCC4)CC1. The lowest BCUT2D eigenvalue weighted by Gasteiger charge is -2.35. The predicted molar refractivity (Wildman–Crippen MR) is 119 cm³/mol. The number of hydrogen-bond acceptors (Lipinski definition) is 7. The summed E-state index contributed by atoms with van der Waals surface area (Å²) < 4.78 is 0. The average molecular weight is 416 g/mol. The zero-order valence-corrected chi connectivity index (χ0v) is 18.4. The van der Waals surface area contributed by atoms with E-state index in [1.54, 1.807) is 4.88 Å². The molecule has 5 rings (SSSR count). The Morgan fingerprint density at radius 2 is 1.79 bits per heavy atom. The van der Waals surface area contributed by atoms with Crippen LogP contribution in [0.1, 0.15) is 42.5 Å². The molecule has 0 saturated carbocycles. The molecular weight excluding hydrogens is 382 g/mol. The number of nitrogens with zero attached hydrogens (tertiary/aromatic N) is 5. The van der Waals surface area contributed by atoms with Crippen molar-refractivity contribution in [3.63, 3.8) is 0 Å². The Labute approximate surface area is 177 Å². The minimum absolute atomic E-state index is 0.244. The summed E-state index contributed by atoms with van der Waals surface area (Å²) in [5.74, 6) is 3.03. The second kappa shape index (κ2) is 8.46. The van der Waals surface area contributed by atoms with Gasteiger partial charge in [-0.25, -0.2) is 9.97 Å². The molecule has 0 spiro atoms. The Hall–Kier alpha value is -1.28. The van der Waals surface area contributed by atoms with E-state index in [1.807, 2.05) is 11.3 Å². The molecular formula is C22H33N5OS. The zero-order valence-electron chi connectivity index (χ0n) is 17.6. The molecule has 3 aliphatic rings. The van der Waals surface area contributed by atoms with Crippen LogP contribution >= 0.6 is 11.3 Å². The summed E-state index contributed by atoms with van der Waals surface area (Å²) in [5, 5.41) is 10.6. The Balaban J connectivity index is 1.44. The maximum Gasteiger partial charge on any atom is 0.146 e. The fourth-order valence-electron chi connectivity index (χ4n) is 5.06. The van der Waals surface area contributed by atoms with Crippen LogP contribution in [-0.4, -0.2) is 77.3 Å². The molecule has 0 bridgehead atoms. The van der Waals surface area contributed by atoms with Gasteiger partial charge in [0, 0.05) is 37.6 Å². The molecule has 4 heterocycles. The maximum atomic E-state index is 9.25. The molecule has 0 unspecified atom stereocenters. The number of thiophene rings is 1. The van der Waals surface area contributed by atoms with Gasteiger partial charge in [0.1, 0.15) is 16.5 Å². The number of aliphatic hydroxyl groups excluding tert-OH is 1. The van der Waals surface area contributed by atoms with E-state index in [0.29, 0.717) is 0 Å². The molecule has 1 aliphatic carbocycles. The highest BCUT2D eigenvalue weighted by atomic mass is 32.1. The quantitative estimate of drug-likeness (QED) is 0.810. The van der Waals surface area contributed by atoms with E-state index in [9.17, 15) is 5.11 Å². The van der Waals surface area contributed by atoms with Crippen molar-refractivity contribution in [2.24, 2.45) is 5.92 Å². The van der Waals surface area contributed by atoms with Gasteiger partial charge in [-0.1, -0.05) is 6.92 Å². The number of aromatic nitrogens is 2. The first-order valence-electron chi connectivity index (χ1n) is 11.3. The van der Waals surface area contributed by atoms with E-state index < -0.39 is 0 Å². The van der Waals surface area contributed by atoms with Crippen LogP contribution in [0.5, 0.6) is 0 Å². The fourth-order valence-corrected chi connectivity index (χ4v) is 6.34. The van der Waals surface area contributed by atoms with Crippen LogP contribution in [-0.2, 0) is 19.4 Å². The fraction of sp³-hybridized carbons (Fsp3) is 0.727. The number of fused-ring (bicyclic) bond motifs is 3. The normalized spacial score (nSPS) is 21.9. The molecule has 0 aromatic carbocycles. The minimum atomic E-state index is 0.244. The number of likely N-dealkylation sites (tertiary alicyclic amines) is 1. The number of piperidine rings is 1. The third kappa shape index (κ3) is 4.02. The van der Waals surface area contributed by atoms with Crippen LogP contribution in [0.25, 0.3) is 10.2 Å². The Morgan fingerprint density at radius 1 is 1.00 bits per heavy atom. The monoisotopic (exact) mass is 415 g/mol. The second-order valence-electron chi connectivity index (χ2n) is 9.01. The molecule has 7 heteroatoms. The number of hydrogen-bond donors (Lipinski definition) is 1. The van der Waals surface area contributed by atoms with Gasteiger partial charge in [-0.2, -0.15) is 0 Å². The van der Waals surface area contributed by atoms with Crippen molar-refractivity contribution < 1.29 is 5.11 Å². The Morgan fingerprint density at radius 3 is 2.55 bits per heavy atom. The number of rotatable bonds is 5. The summed E-state index contributed by atoms with van der Waals surface area (Å²) in [7, 11) is 0. The molecule has 1 N–H and O–H groups in total. The van der Waals surface area contributed by atoms with Gasteiger partial charge in [0.25, 0.3) is 0 Å². The molecule has 2 aliphatic heterocycles. The molecule has 0 amide bonds. The molecule has 2 aromatic heterocycles. The molecule has 6 nitrogen and oxygen atoms in total. The molecule has 2 saturated heterocycles. The molecule has 0 radical (unpaired) electrons. The first-order chi connectivity index (χ1) is 14.2. The van der Waals surface area contributed by atoms with Gasteiger partial charge in [-0.05, 0) is 56.7 Å². The third-order valence-electron chi connectivity index (χ3n) is 6.92. The topological polar surface area (TPSA) is 55.7 Å². The van der Waals surface area contributed by atoms with Crippen molar-refractivity contribution in [1.29, 1.82) is 0 Å². The van der Waals surface area contributed by atoms with Gasteiger partial charge in [-0.3, -0.25) is 9.80 Å². The van der Waals surface area contributed by atoms with Crippen LogP contribution in [0.2, 0.25) is 0 Å². The number of anilines is 1. The van der Waals surface area contributed by atoms with E-state index in [0.717, 1.165) is 51.0 Å². The van der Waals surface area contributed by atoms with E-state index in [4.69, 9.17) is 9.97 Å². The summed E-state index contributed by atoms with van der Waals surface area (Å²) >= 11 is 1.91. The zero-order chi connectivity index (χ0) is 19.8. The number of β-amino-alcohol motifs (C(OH)–C–C–N with tert-alkyl or cyclic N) is 1. The van der Waals surface area contributed by atoms with Crippen LogP contribution in [0.4, 0.5) is 5.82 Å². The summed E-state index contributed by atoms with van der Waals surface area (Å²) in [6.07, 6.45) is 6.23. The average Bonchev–Trinajstić information content (AvgIpc) is 3.31. The van der Waals surface area contributed by atoms with Gasteiger partial charge >= 0.3 is 0 Å². The van der Waals surface area contributed by atoms with Crippen molar-refractivity contribution >= 4 is 27.4 Å². The third-order valence-corrected chi connectivity index (χ3v) is 8.11. The summed E-state index contributed by atoms with van der Waals surface area (Å²) in [6, 6.07) is 0. The molecule has 0 atom stereocenters. The lowest BCUT2D eigenvalue weighted by molar-refractivity contribution is 0.181. The van der Waals surface area contributed by atoms with Crippen LogP contribution in [0, 0.1) is 5.92 Å². The summed E-state index contributed by atoms with van der Waals surface area (Å²) in [6.45, 7) is 10.6. The highest BCUT2D eigenvalue weighted by Gasteiger charge is 2.27. The minimum Gasteiger partial charge on any atom is -0.395 e. The summed E-state index contributed by atoms with van der Waals surface area (Å²) in [4.78, 5) is 20.3. The van der Waals surface area contributed by atoms with Gasteiger partial charge in [0.15, 0.2) is 0 Å². The smallest absolute Gasteiger partial charge is 0.146 e. The molecule has 2 fully saturated rings. The number of piperazine rings is 1. The highest BCUT2D eigenvalue weighted by molar-refractivity contribution is 7.19. The van der Waals surface area contributed by atoms with Crippen LogP contribution < -0.4 is 4.90 Å². The number of aryl methyl sites for hydroxylation is 2. The van der Waals surface area contributed by atoms with Gasteiger partial charge < -0.3 is 10.0 Å².